The van der Waals surface area contributed by atoms with Crippen LogP contribution >= 0.6 is 0 Å². The van der Waals surface area contributed by atoms with Gasteiger partial charge in [-0.15, -0.1) is 0 Å². The minimum Gasteiger partial charge on any atom is -0.466 e. The summed E-state index contributed by atoms with van der Waals surface area (Å²) in [6.07, 6.45) is 71.7. The minimum atomic E-state index is -0.854. The summed E-state index contributed by atoms with van der Waals surface area (Å²) in [5.41, 5.74) is 0. The van der Waals surface area contributed by atoms with Gasteiger partial charge in [-0.2, -0.15) is 0 Å². The number of esters is 1. The smallest absolute Gasteiger partial charge is 0.305 e. The van der Waals surface area contributed by atoms with E-state index in [0.29, 0.717) is 19.4 Å². The number of aliphatic hydroxyl groups is 2. The Morgan fingerprint density at radius 1 is 0.397 bits per heavy atom. The molecule has 0 saturated heterocycles. The van der Waals surface area contributed by atoms with Gasteiger partial charge in [-0.05, 0) is 83.5 Å². The molecule has 0 aliphatic carbocycles. The van der Waals surface area contributed by atoms with Crippen LogP contribution in [0.15, 0.2) is 36.5 Å². The van der Waals surface area contributed by atoms with Crippen molar-refractivity contribution in [3.63, 3.8) is 0 Å². The Morgan fingerprint density at radius 3 is 1.06 bits per heavy atom. The number of allylic oxidation sites excluding steroid dienone is 5. The third kappa shape index (κ3) is 53.4. The van der Waals surface area contributed by atoms with E-state index >= 15 is 0 Å². The van der Waals surface area contributed by atoms with E-state index in [1.807, 2.05) is 6.08 Å². The molecule has 0 saturated carbocycles. The van der Waals surface area contributed by atoms with Crippen LogP contribution in [0, 0.1) is 0 Å². The highest BCUT2D eigenvalue weighted by atomic mass is 16.5. The van der Waals surface area contributed by atoms with E-state index in [9.17, 15) is 19.8 Å². The van der Waals surface area contributed by atoms with Gasteiger partial charge in [0.1, 0.15) is 0 Å². The molecule has 3 N–H and O–H groups in total. The number of rotatable bonds is 56. The highest BCUT2D eigenvalue weighted by Gasteiger charge is 2.18. The number of unbranched alkanes of at least 4 members (excludes halogenated alkanes) is 41. The number of hydrogen-bond donors (Lipinski definition) is 3. The topological polar surface area (TPSA) is 95.9 Å². The van der Waals surface area contributed by atoms with Crippen LogP contribution in [0.25, 0.3) is 0 Å². The maximum Gasteiger partial charge on any atom is 0.305 e. The number of carbonyl (C=O) groups excluding carboxylic acids is 2. The zero-order valence-electron chi connectivity index (χ0n) is 45.6. The lowest BCUT2D eigenvalue weighted by molar-refractivity contribution is -0.143. The van der Waals surface area contributed by atoms with Gasteiger partial charge in [-0.25, -0.2) is 0 Å². The van der Waals surface area contributed by atoms with Crippen molar-refractivity contribution in [1.82, 2.24) is 5.32 Å². The van der Waals surface area contributed by atoms with Crippen LogP contribution in [0.5, 0.6) is 0 Å². The first-order valence-corrected chi connectivity index (χ1v) is 30.3. The third-order valence-corrected chi connectivity index (χ3v) is 13.9. The Bertz CT molecular complexity index is 1100. The fraction of sp³-hybridized carbons (Fsp3) is 0.871. The number of hydrogen-bond acceptors (Lipinski definition) is 5. The molecule has 0 aromatic carbocycles. The van der Waals surface area contributed by atoms with Crippen molar-refractivity contribution in [3.8, 4) is 0 Å². The van der Waals surface area contributed by atoms with Crippen molar-refractivity contribution in [2.75, 3.05) is 13.2 Å². The quantitative estimate of drug-likeness (QED) is 0.0321. The second kappa shape index (κ2) is 57.7. The summed E-state index contributed by atoms with van der Waals surface area (Å²) in [5.74, 6) is -0.0900. The van der Waals surface area contributed by atoms with E-state index < -0.39 is 12.1 Å². The normalized spacial score (nSPS) is 12.8. The maximum absolute atomic E-state index is 12.5. The molecule has 0 spiro atoms. The Balaban J connectivity index is 3.50. The molecule has 1 amide bonds. The Hall–Kier alpha value is -1.92. The first-order chi connectivity index (χ1) is 33.5. The zero-order valence-corrected chi connectivity index (χ0v) is 45.6. The molecule has 0 aromatic rings. The van der Waals surface area contributed by atoms with Gasteiger partial charge in [0.2, 0.25) is 5.91 Å². The van der Waals surface area contributed by atoms with E-state index in [4.69, 9.17) is 4.74 Å². The average Bonchev–Trinajstić information content (AvgIpc) is 3.34. The van der Waals surface area contributed by atoms with E-state index in [2.05, 4.69) is 43.5 Å². The van der Waals surface area contributed by atoms with Gasteiger partial charge in [0.25, 0.3) is 0 Å². The van der Waals surface area contributed by atoms with E-state index in [-0.39, 0.29) is 18.5 Å². The van der Waals surface area contributed by atoms with Gasteiger partial charge in [0.15, 0.2) is 0 Å². The van der Waals surface area contributed by atoms with Gasteiger partial charge in [-0.1, -0.05) is 262 Å². The molecule has 2 atom stereocenters. The Morgan fingerprint density at radius 2 is 0.691 bits per heavy atom. The molecule has 0 radical (unpaired) electrons. The summed E-state index contributed by atoms with van der Waals surface area (Å²) in [6, 6.07) is -0.638. The Labute approximate surface area is 424 Å². The molecule has 68 heavy (non-hydrogen) atoms. The molecule has 0 fully saturated rings. The molecule has 0 bridgehead atoms. The number of nitrogens with one attached hydrogen (secondary N) is 1. The largest absolute Gasteiger partial charge is 0.466 e. The molecule has 2 unspecified atom stereocenters. The van der Waals surface area contributed by atoms with Crippen molar-refractivity contribution < 1.29 is 24.5 Å². The highest BCUT2D eigenvalue weighted by molar-refractivity contribution is 5.76. The molecular formula is C62H117NO5. The van der Waals surface area contributed by atoms with Crippen LogP contribution in [-0.2, 0) is 14.3 Å². The molecule has 0 rings (SSSR count). The molecule has 400 valence electrons. The SMILES string of the molecule is CCCCCC/C=C\CCCCCCCC(=O)OCCCCCCCC/C=C\CCCCCCCCCC(=O)NC(CO)C(O)/C=C/CCCCCCCCCCCCCCCCCCCCC. The number of amides is 1. The molecule has 0 aliphatic heterocycles. The fourth-order valence-corrected chi connectivity index (χ4v) is 9.21. The van der Waals surface area contributed by atoms with Crippen LogP contribution in [0.1, 0.15) is 322 Å². The van der Waals surface area contributed by atoms with Crippen molar-refractivity contribution in [1.29, 1.82) is 0 Å². The monoisotopic (exact) mass is 956 g/mol. The third-order valence-electron chi connectivity index (χ3n) is 13.9. The van der Waals surface area contributed by atoms with Gasteiger partial charge in [-0.3, -0.25) is 9.59 Å². The van der Waals surface area contributed by atoms with Gasteiger partial charge < -0.3 is 20.3 Å². The van der Waals surface area contributed by atoms with Gasteiger partial charge in [0.05, 0.1) is 25.4 Å². The van der Waals surface area contributed by atoms with Crippen LogP contribution in [0.3, 0.4) is 0 Å². The standard InChI is InChI=1S/C62H117NO5/c1-3-5-7-9-11-13-15-17-18-19-20-21-22-24-27-31-34-38-42-46-50-54-60(65)59(58-64)63-61(66)55-51-47-43-39-35-32-28-25-23-26-29-33-37-41-45-49-53-57-68-62(67)56-52-48-44-40-36-30-16-14-12-10-8-6-4-2/h14,16,23,26,50,54,59-60,64-65H,3-13,15,17-22,24-25,27-49,51-53,55-58H2,1-2H3,(H,63,66)/b16-14-,26-23-,54-50+. The van der Waals surface area contributed by atoms with Crippen LogP contribution in [-0.4, -0.2) is 47.4 Å². The molecule has 0 aromatic heterocycles. The molecule has 6 nitrogen and oxygen atoms in total. The maximum atomic E-state index is 12.5. The first-order valence-electron chi connectivity index (χ1n) is 30.3. The number of ether oxygens (including phenoxy) is 1. The lowest BCUT2D eigenvalue weighted by atomic mass is 10.0. The van der Waals surface area contributed by atoms with Crippen molar-refractivity contribution in [3.05, 3.63) is 36.5 Å². The number of aliphatic hydroxyl groups excluding tert-OH is 2. The zero-order chi connectivity index (χ0) is 49.3. The average molecular weight is 957 g/mol. The van der Waals surface area contributed by atoms with Gasteiger partial charge >= 0.3 is 5.97 Å². The molecule has 0 heterocycles. The van der Waals surface area contributed by atoms with E-state index in [0.717, 1.165) is 57.8 Å². The predicted molar refractivity (Wildman–Crippen MR) is 296 cm³/mol. The molecule has 6 heteroatoms. The van der Waals surface area contributed by atoms with E-state index in [1.54, 1.807) is 6.08 Å². The Kier molecular flexibility index (Phi) is 56.0. The minimum absolute atomic E-state index is 0.0119. The fourth-order valence-electron chi connectivity index (χ4n) is 9.21. The van der Waals surface area contributed by atoms with Gasteiger partial charge in [0, 0.05) is 12.8 Å². The van der Waals surface area contributed by atoms with Crippen molar-refractivity contribution in [2.45, 2.75) is 334 Å². The second-order valence-corrected chi connectivity index (χ2v) is 20.7. The predicted octanol–water partition coefficient (Wildman–Crippen LogP) is 18.8. The summed E-state index contributed by atoms with van der Waals surface area (Å²) in [5, 5.41) is 23.2. The van der Waals surface area contributed by atoms with Crippen LogP contribution < -0.4 is 5.32 Å². The lowest BCUT2D eigenvalue weighted by Crippen LogP contribution is -2.45. The second-order valence-electron chi connectivity index (χ2n) is 20.7. The first kappa shape index (κ1) is 66.1. The van der Waals surface area contributed by atoms with E-state index in [1.165, 1.54) is 238 Å². The summed E-state index contributed by atoms with van der Waals surface area (Å²) >= 11 is 0. The van der Waals surface area contributed by atoms with Crippen LogP contribution in [0.2, 0.25) is 0 Å². The molecule has 0 aliphatic rings. The highest BCUT2D eigenvalue weighted by Crippen LogP contribution is 2.17. The summed E-state index contributed by atoms with van der Waals surface area (Å²) in [6.45, 7) is 4.88. The lowest BCUT2D eigenvalue weighted by Gasteiger charge is -2.20. The molecular weight excluding hydrogens is 839 g/mol. The van der Waals surface area contributed by atoms with Crippen molar-refractivity contribution in [2.24, 2.45) is 0 Å². The van der Waals surface area contributed by atoms with Crippen LogP contribution in [0.4, 0.5) is 0 Å². The number of carbonyl (C=O) groups is 2. The summed E-state index contributed by atoms with van der Waals surface area (Å²) in [7, 11) is 0. The van der Waals surface area contributed by atoms with Crippen molar-refractivity contribution >= 4 is 11.9 Å². The summed E-state index contributed by atoms with van der Waals surface area (Å²) in [4.78, 5) is 24.5. The summed E-state index contributed by atoms with van der Waals surface area (Å²) < 4.78 is 5.46.